The van der Waals surface area contributed by atoms with Gasteiger partial charge in [0.15, 0.2) is 11.4 Å². The molecule has 0 aromatic heterocycles. The van der Waals surface area contributed by atoms with Crippen LogP contribution in [0.1, 0.15) is 33.6 Å². The lowest BCUT2D eigenvalue weighted by atomic mass is 9.82. The summed E-state index contributed by atoms with van der Waals surface area (Å²) < 4.78 is 12.8. The van der Waals surface area contributed by atoms with Gasteiger partial charge in [0.1, 0.15) is 18.1 Å². The molecule has 2 atom stereocenters. The topological polar surface area (TPSA) is 72.8 Å². The van der Waals surface area contributed by atoms with Crippen LogP contribution in [0.2, 0.25) is 0 Å². The van der Waals surface area contributed by atoms with Crippen molar-refractivity contribution in [2.24, 2.45) is 5.92 Å². The average Bonchev–Trinajstić information content (AvgIpc) is 2.65. The molecule has 2 unspecified atom stereocenters. The molecule has 0 radical (unpaired) electrons. The highest BCUT2D eigenvalue weighted by molar-refractivity contribution is 9.10. The van der Waals surface area contributed by atoms with Crippen LogP contribution in [-0.4, -0.2) is 35.5 Å². The number of Topliss-reactive ketones (excluding diaryl/α,β-unsaturated/α-hetero) is 2. The zero-order valence-corrected chi connectivity index (χ0v) is 17.4. The summed E-state index contributed by atoms with van der Waals surface area (Å²) in [7, 11) is 0. The van der Waals surface area contributed by atoms with Crippen molar-refractivity contribution >= 4 is 43.4 Å². The first-order valence-electron chi connectivity index (χ1n) is 8.53. The summed E-state index contributed by atoms with van der Waals surface area (Å²) in [5, 5.41) is 10.9. The van der Waals surface area contributed by atoms with Crippen molar-refractivity contribution in [2.75, 3.05) is 13.2 Å². The number of hydrogen-bond donors (Lipinski definition) is 1. The summed E-state index contributed by atoms with van der Waals surface area (Å²) in [6.45, 7) is 0.116. The van der Waals surface area contributed by atoms with E-state index in [0.717, 1.165) is 8.95 Å². The van der Waals surface area contributed by atoms with Crippen LogP contribution in [0, 0.1) is 5.92 Å². The number of fused-ring (bicyclic) bond motifs is 2. The molecule has 2 heterocycles. The number of halogens is 2. The number of carbonyl (C=O) groups excluding carboxylic acids is 2. The second-order valence-electron chi connectivity index (χ2n) is 6.84. The van der Waals surface area contributed by atoms with E-state index in [4.69, 9.17) is 9.47 Å². The van der Waals surface area contributed by atoms with Gasteiger partial charge >= 0.3 is 0 Å². The minimum Gasteiger partial charge on any atom is -0.492 e. The van der Waals surface area contributed by atoms with Crippen molar-refractivity contribution in [3.63, 3.8) is 0 Å². The number of hydrogen-bond acceptors (Lipinski definition) is 5. The zero-order valence-electron chi connectivity index (χ0n) is 14.2. The smallest absolute Gasteiger partial charge is 0.201 e. The standard InChI is InChI=1S/C20H16Br2O5/c21-12-1-3-16-14(7-12)18(23)11(9-26-16)5-6-20(25)10-27-17-4-2-13(22)8-15(17)19(20)24/h1-4,7-8,11,25H,5-6,9-10H2. The first-order valence-corrected chi connectivity index (χ1v) is 10.1. The fourth-order valence-electron chi connectivity index (χ4n) is 3.44. The lowest BCUT2D eigenvalue weighted by Crippen LogP contribution is -2.48. The Kier molecular flexibility index (Phi) is 4.86. The molecule has 4 rings (SSSR count). The van der Waals surface area contributed by atoms with E-state index in [-0.39, 0.29) is 31.2 Å². The highest BCUT2D eigenvalue weighted by atomic mass is 79.9. The maximum atomic E-state index is 12.8. The van der Waals surface area contributed by atoms with Gasteiger partial charge in [-0.25, -0.2) is 0 Å². The van der Waals surface area contributed by atoms with E-state index in [1.54, 1.807) is 30.3 Å². The van der Waals surface area contributed by atoms with E-state index in [9.17, 15) is 14.7 Å². The maximum Gasteiger partial charge on any atom is 0.201 e. The molecule has 140 valence electrons. The van der Waals surface area contributed by atoms with E-state index in [1.165, 1.54) is 0 Å². The van der Waals surface area contributed by atoms with Gasteiger partial charge in [0, 0.05) is 8.95 Å². The normalized spacial score (nSPS) is 23.9. The SMILES string of the molecule is O=C1c2cc(Br)ccc2OCC1CCC1(O)COc2ccc(Br)cc2C1=O. The van der Waals surface area contributed by atoms with Crippen molar-refractivity contribution in [2.45, 2.75) is 18.4 Å². The average molecular weight is 496 g/mol. The number of ether oxygens (including phenoxy) is 2. The molecule has 0 spiro atoms. The Morgan fingerprint density at radius 1 is 1.00 bits per heavy atom. The molecule has 27 heavy (non-hydrogen) atoms. The Labute approximate surface area is 172 Å². The van der Waals surface area contributed by atoms with Crippen LogP contribution >= 0.6 is 31.9 Å². The van der Waals surface area contributed by atoms with Crippen molar-refractivity contribution in [3.8, 4) is 11.5 Å². The summed E-state index contributed by atoms with van der Waals surface area (Å²) in [5.74, 6) is 0.205. The fraction of sp³-hybridized carbons (Fsp3) is 0.300. The molecular weight excluding hydrogens is 480 g/mol. The molecule has 0 bridgehead atoms. The Morgan fingerprint density at radius 3 is 2.33 bits per heavy atom. The summed E-state index contributed by atoms with van der Waals surface area (Å²) in [4.78, 5) is 25.6. The number of rotatable bonds is 3. The predicted octanol–water partition coefficient (Wildman–Crippen LogP) is 4.19. The summed E-state index contributed by atoms with van der Waals surface area (Å²) in [6.07, 6.45) is 0.459. The van der Waals surface area contributed by atoms with Crippen LogP contribution in [0.15, 0.2) is 45.3 Å². The summed E-state index contributed by atoms with van der Waals surface area (Å²) in [6, 6.07) is 10.4. The maximum absolute atomic E-state index is 12.8. The molecule has 0 saturated carbocycles. The second-order valence-corrected chi connectivity index (χ2v) is 8.67. The van der Waals surface area contributed by atoms with Crippen molar-refractivity contribution in [3.05, 3.63) is 56.5 Å². The van der Waals surface area contributed by atoms with E-state index < -0.39 is 11.5 Å². The third-order valence-corrected chi connectivity index (χ3v) is 5.99. The van der Waals surface area contributed by atoms with Crippen molar-refractivity contribution < 1.29 is 24.2 Å². The number of carbonyl (C=O) groups is 2. The summed E-state index contributed by atoms with van der Waals surface area (Å²) in [5.41, 5.74) is -0.780. The van der Waals surface area contributed by atoms with Gasteiger partial charge in [-0.15, -0.1) is 0 Å². The molecule has 2 aromatic rings. The first kappa shape index (κ1) is 18.7. The number of ketones is 2. The van der Waals surface area contributed by atoms with Gasteiger partial charge in [0.2, 0.25) is 5.78 Å². The molecule has 1 N–H and O–H groups in total. The molecule has 0 amide bonds. The zero-order chi connectivity index (χ0) is 19.2. The highest BCUT2D eigenvalue weighted by Gasteiger charge is 2.43. The molecular formula is C20H16Br2O5. The minimum atomic E-state index is -1.65. The van der Waals surface area contributed by atoms with Crippen molar-refractivity contribution in [1.29, 1.82) is 0 Å². The van der Waals surface area contributed by atoms with Gasteiger partial charge in [-0.2, -0.15) is 0 Å². The molecule has 5 nitrogen and oxygen atoms in total. The van der Waals surface area contributed by atoms with Gasteiger partial charge < -0.3 is 14.6 Å². The van der Waals surface area contributed by atoms with E-state index in [2.05, 4.69) is 31.9 Å². The molecule has 2 aliphatic heterocycles. The van der Waals surface area contributed by atoms with E-state index >= 15 is 0 Å². The first-order chi connectivity index (χ1) is 12.9. The molecule has 0 fully saturated rings. The van der Waals surface area contributed by atoms with Gasteiger partial charge in [0.05, 0.1) is 23.7 Å². The molecule has 2 aliphatic rings. The third kappa shape index (κ3) is 3.44. The lowest BCUT2D eigenvalue weighted by molar-refractivity contribution is -0.0110. The Morgan fingerprint density at radius 2 is 1.63 bits per heavy atom. The van der Waals surface area contributed by atoms with Gasteiger partial charge in [-0.05, 0) is 49.2 Å². The minimum absolute atomic E-state index is 0.0338. The molecule has 2 aromatic carbocycles. The predicted molar refractivity (Wildman–Crippen MR) is 106 cm³/mol. The number of benzene rings is 2. The van der Waals surface area contributed by atoms with Crippen LogP contribution in [-0.2, 0) is 0 Å². The Balaban J connectivity index is 1.50. The van der Waals surface area contributed by atoms with Crippen LogP contribution in [0.5, 0.6) is 11.5 Å². The summed E-state index contributed by atoms with van der Waals surface area (Å²) >= 11 is 6.70. The van der Waals surface area contributed by atoms with Crippen LogP contribution < -0.4 is 9.47 Å². The third-order valence-electron chi connectivity index (χ3n) is 5.00. The quantitative estimate of drug-likeness (QED) is 0.691. The van der Waals surface area contributed by atoms with E-state index in [1.807, 2.05) is 6.07 Å². The van der Waals surface area contributed by atoms with Gasteiger partial charge in [-0.3, -0.25) is 9.59 Å². The largest absolute Gasteiger partial charge is 0.492 e. The van der Waals surface area contributed by atoms with Crippen LogP contribution in [0.4, 0.5) is 0 Å². The van der Waals surface area contributed by atoms with Gasteiger partial charge in [-0.1, -0.05) is 31.9 Å². The highest BCUT2D eigenvalue weighted by Crippen LogP contribution is 2.36. The Bertz CT molecular complexity index is 942. The van der Waals surface area contributed by atoms with Crippen LogP contribution in [0.25, 0.3) is 0 Å². The van der Waals surface area contributed by atoms with Crippen LogP contribution in [0.3, 0.4) is 0 Å². The number of aliphatic hydroxyl groups is 1. The van der Waals surface area contributed by atoms with Crippen molar-refractivity contribution in [1.82, 2.24) is 0 Å². The van der Waals surface area contributed by atoms with Gasteiger partial charge in [0.25, 0.3) is 0 Å². The lowest BCUT2D eigenvalue weighted by Gasteiger charge is -2.33. The van der Waals surface area contributed by atoms with E-state index in [0.29, 0.717) is 29.0 Å². The fourth-order valence-corrected chi connectivity index (χ4v) is 4.16. The Hall–Kier alpha value is -1.70. The molecule has 7 heteroatoms. The molecule has 0 saturated heterocycles. The monoisotopic (exact) mass is 494 g/mol. The second kappa shape index (κ2) is 7.04. The molecule has 0 aliphatic carbocycles.